The van der Waals surface area contributed by atoms with Crippen LogP contribution in [0.4, 0.5) is 0 Å². The fourth-order valence-electron chi connectivity index (χ4n) is 4.72. The van der Waals surface area contributed by atoms with Gasteiger partial charge in [-0.05, 0) is 48.8 Å². The molecule has 6 nitrogen and oxygen atoms in total. The van der Waals surface area contributed by atoms with E-state index in [-0.39, 0.29) is 28.7 Å². The highest BCUT2D eigenvalue weighted by Gasteiger charge is 2.33. The third kappa shape index (κ3) is 4.79. The van der Waals surface area contributed by atoms with Gasteiger partial charge < -0.3 is 10.3 Å². The Morgan fingerprint density at radius 3 is 2.58 bits per heavy atom. The molecule has 1 saturated heterocycles. The summed E-state index contributed by atoms with van der Waals surface area (Å²) in [6.45, 7) is 8.86. The number of piperidine rings is 1. The van der Waals surface area contributed by atoms with Crippen molar-refractivity contribution in [1.29, 1.82) is 0 Å². The Morgan fingerprint density at radius 1 is 1.16 bits per heavy atom. The second-order valence-electron chi connectivity index (χ2n) is 9.80. The van der Waals surface area contributed by atoms with Gasteiger partial charge in [0.1, 0.15) is 5.56 Å². The highest BCUT2D eigenvalue weighted by atomic mass is 16.2. The minimum Gasteiger partial charge on any atom is -0.349 e. The highest BCUT2D eigenvalue weighted by molar-refractivity contribution is 6.02. The van der Waals surface area contributed by atoms with Crippen LogP contribution in [0.1, 0.15) is 70.6 Å². The van der Waals surface area contributed by atoms with Gasteiger partial charge in [-0.1, -0.05) is 38.1 Å². The van der Waals surface area contributed by atoms with Crippen molar-refractivity contribution in [3.05, 3.63) is 68.6 Å². The molecule has 1 fully saturated rings. The van der Waals surface area contributed by atoms with Gasteiger partial charge in [-0.2, -0.15) is 0 Å². The standard InChI is InChI=1S/C25H31N3O3/c1-16-6-4-5-7-17(16)15-28-10-8-18(9-11-28)26-23(30)20-12-19-21(27-24(20)31)13-25(2,3)14-22(19)29/h4-7,12,18H,8-11,13-15H2,1-3H3,(H,26,30)(H,27,31). The molecule has 1 aromatic heterocycles. The van der Waals surface area contributed by atoms with E-state index < -0.39 is 5.56 Å². The van der Waals surface area contributed by atoms with Gasteiger partial charge in [-0.25, -0.2) is 0 Å². The lowest BCUT2D eigenvalue weighted by Gasteiger charge is -2.33. The van der Waals surface area contributed by atoms with E-state index in [2.05, 4.69) is 46.4 Å². The number of hydrogen-bond acceptors (Lipinski definition) is 4. The maximum absolute atomic E-state index is 12.8. The first-order valence-corrected chi connectivity index (χ1v) is 11.1. The minimum atomic E-state index is -0.418. The molecule has 0 saturated carbocycles. The fourth-order valence-corrected chi connectivity index (χ4v) is 4.72. The number of ketones is 1. The summed E-state index contributed by atoms with van der Waals surface area (Å²) >= 11 is 0. The Labute approximate surface area is 183 Å². The van der Waals surface area contributed by atoms with Crippen molar-refractivity contribution in [2.45, 2.75) is 59.0 Å². The van der Waals surface area contributed by atoms with Crippen LogP contribution in [-0.2, 0) is 13.0 Å². The molecule has 0 spiro atoms. The van der Waals surface area contributed by atoms with Crippen LogP contribution in [0.15, 0.2) is 35.1 Å². The smallest absolute Gasteiger partial charge is 0.261 e. The number of nitrogens with one attached hydrogen (secondary N) is 2. The molecule has 1 aliphatic carbocycles. The Kier molecular flexibility index (Phi) is 5.84. The molecule has 0 bridgehead atoms. The summed E-state index contributed by atoms with van der Waals surface area (Å²) in [4.78, 5) is 43.1. The number of fused-ring (bicyclic) bond motifs is 1. The van der Waals surface area contributed by atoms with Crippen LogP contribution in [0.2, 0.25) is 0 Å². The molecule has 2 N–H and O–H groups in total. The summed E-state index contributed by atoms with van der Waals surface area (Å²) in [6.07, 6.45) is 2.73. The van der Waals surface area contributed by atoms with Crippen molar-refractivity contribution in [2.24, 2.45) is 5.41 Å². The number of rotatable bonds is 4. The van der Waals surface area contributed by atoms with Crippen molar-refractivity contribution in [2.75, 3.05) is 13.1 Å². The van der Waals surface area contributed by atoms with Crippen molar-refractivity contribution in [1.82, 2.24) is 15.2 Å². The number of Topliss-reactive ketones (excluding diaryl/α,β-unsaturated/α-hetero) is 1. The normalized spacial score (nSPS) is 19.1. The van der Waals surface area contributed by atoms with Crippen LogP contribution in [0.25, 0.3) is 0 Å². The first kappa shape index (κ1) is 21.5. The number of likely N-dealkylation sites (tertiary alicyclic amines) is 1. The Balaban J connectivity index is 1.39. The van der Waals surface area contributed by atoms with Gasteiger partial charge in [0.05, 0.1) is 0 Å². The predicted octanol–water partition coefficient (Wildman–Crippen LogP) is 3.23. The van der Waals surface area contributed by atoms with E-state index in [1.54, 1.807) is 0 Å². The fraction of sp³-hybridized carbons (Fsp3) is 0.480. The zero-order chi connectivity index (χ0) is 22.2. The Bertz CT molecular complexity index is 1060. The van der Waals surface area contributed by atoms with Crippen LogP contribution in [0.3, 0.4) is 0 Å². The third-order valence-electron chi connectivity index (χ3n) is 6.54. The molecular weight excluding hydrogens is 390 g/mol. The van der Waals surface area contributed by atoms with Gasteiger partial charge in [-0.15, -0.1) is 0 Å². The average molecular weight is 422 g/mol. The number of pyridine rings is 1. The zero-order valence-corrected chi connectivity index (χ0v) is 18.6. The van der Waals surface area contributed by atoms with E-state index in [0.29, 0.717) is 24.1 Å². The number of aromatic nitrogens is 1. The van der Waals surface area contributed by atoms with Gasteiger partial charge in [0.2, 0.25) is 0 Å². The molecule has 4 rings (SSSR count). The van der Waals surface area contributed by atoms with Crippen molar-refractivity contribution in [3.63, 3.8) is 0 Å². The lowest BCUT2D eigenvalue weighted by atomic mass is 9.75. The number of aryl methyl sites for hydroxylation is 1. The molecular formula is C25H31N3O3. The van der Waals surface area contributed by atoms with Gasteiger partial charge >= 0.3 is 0 Å². The Morgan fingerprint density at radius 2 is 1.87 bits per heavy atom. The van der Waals surface area contributed by atoms with E-state index >= 15 is 0 Å². The van der Waals surface area contributed by atoms with E-state index in [0.717, 1.165) is 32.5 Å². The molecule has 1 aromatic carbocycles. The number of hydrogen-bond donors (Lipinski definition) is 2. The summed E-state index contributed by atoms with van der Waals surface area (Å²) in [7, 11) is 0. The third-order valence-corrected chi connectivity index (χ3v) is 6.54. The van der Waals surface area contributed by atoms with E-state index in [4.69, 9.17) is 0 Å². The first-order chi connectivity index (χ1) is 14.7. The molecule has 0 radical (unpaired) electrons. The van der Waals surface area contributed by atoms with Crippen molar-refractivity contribution in [3.8, 4) is 0 Å². The van der Waals surface area contributed by atoms with Gasteiger partial charge in [0, 0.05) is 43.4 Å². The maximum Gasteiger partial charge on any atom is 0.261 e. The highest BCUT2D eigenvalue weighted by Crippen LogP contribution is 2.33. The average Bonchev–Trinajstić information content (AvgIpc) is 2.69. The first-order valence-electron chi connectivity index (χ1n) is 11.1. The van der Waals surface area contributed by atoms with Gasteiger partial charge in [0.25, 0.3) is 11.5 Å². The zero-order valence-electron chi connectivity index (χ0n) is 18.6. The predicted molar refractivity (Wildman–Crippen MR) is 120 cm³/mol. The van der Waals surface area contributed by atoms with Crippen LogP contribution in [0, 0.1) is 12.3 Å². The second-order valence-corrected chi connectivity index (χ2v) is 9.80. The molecule has 1 amide bonds. The largest absolute Gasteiger partial charge is 0.349 e. The molecule has 6 heteroatoms. The quantitative estimate of drug-likeness (QED) is 0.794. The number of H-pyrrole nitrogens is 1. The number of carbonyl (C=O) groups is 2. The van der Waals surface area contributed by atoms with Crippen LogP contribution in [0.5, 0.6) is 0 Å². The van der Waals surface area contributed by atoms with Crippen molar-refractivity contribution >= 4 is 11.7 Å². The topological polar surface area (TPSA) is 82.3 Å². The molecule has 0 atom stereocenters. The number of benzene rings is 1. The molecule has 31 heavy (non-hydrogen) atoms. The lowest BCUT2D eigenvalue weighted by molar-refractivity contribution is 0.0906. The summed E-state index contributed by atoms with van der Waals surface area (Å²) in [5.74, 6) is -0.403. The SMILES string of the molecule is Cc1ccccc1CN1CCC(NC(=O)c2cc3c([nH]c2=O)CC(C)(C)CC3=O)CC1. The minimum absolute atomic E-state index is 0.0129. The summed E-state index contributed by atoms with van der Waals surface area (Å²) < 4.78 is 0. The van der Waals surface area contributed by atoms with Gasteiger partial charge in [-0.3, -0.25) is 19.3 Å². The molecule has 2 aromatic rings. The Hall–Kier alpha value is -2.73. The second kappa shape index (κ2) is 8.42. The van der Waals surface area contributed by atoms with Crippen molar-refractivity contribution < 1.29 is 9.59 Å². The number of carbonyl (C=O) groups excluding carboxylic acids is 2. The van der Waals surface area contributed by atoms with Gasteiger partial charge in [0.15, 0.2) is 5.78 Å². The molecule has 1 aliphatic heterocycles. The lowest BCUT2D eigenvalue weighted by Crippen LogP contribution is -2.45. The van der Waals surface area contributed by atoms with Crippen LogP contribution in [-0.4, -0.2) is 40.7 Å². The number of nitrogens with zero attached hydrogens (tertiary/aromatic N) is 1. The molecule has 0 unspecified atom stereocenters. The van der Waals surface area contributed by atoms with Crippen LogP contribution >= 0.6 is 0 Å². The molecule has 2 heterocycles. The summed E-state index contributed by atoms with van der Waals surface area (Å²) in [6, 6.07) is 9.94. The molecule has 164 valence electrons. The van der Waals surface area contributed by atoms with E-state index in [1.807, 2.05) is 13.8 Å². The number of amides is 1. The van der Waals surface area contributed by atoms with Crippen LogP contribution < -0.4 is 10.9 Å². The summed E-state index contributed by atoms with van der Waals surface area (Å²) in [5, 5.41) is 3.01. The maximum atomic E-state index is 12.8. The van der Waals surface area contributed by atoms with E-state index in [1.165, 1.54) is 17.2 Å². The van der Waals surface area contributed by atoms with E-state index in [9.17, 15) is 14.4 Å². The monoisotopic (exact) mass is 421 g/mol. The number of aromatic amines is 1. The summed E-state index contributed by atoms with van der Waals surface area (Å²) in [5.41, 5.74) is 3.20. The molecule has 2 aliphatic rings.